The standard InChI is InChI=1S/C16H13N3O2/c1-10-6-7-11(8-17-10)19-15-12-4-2-3-5-14(12)18-9-13(15)16(20)21/h2-9H,1H3,(H,18,19)(H,20,21). The van der Waals surface area contributed by atoms with Crippen LogP contribution in [-0.2, 0) is 0 Å². The molecule has 0 atom stereocenters. The number of hydrogen-bond donors (Lipinski definition) is 2. The van der Waals surface area contributed by atoms with E-state index in [1.54, 1.807) is 6.20 Å². The number of benzene rings is 1. The molecule has 3 aromatic rings. The Balaban J connectivity index is 2.16. The molecule has 0 saturated heterocycles. The molecular formula is C16H13N3O2. The second-order valence-electron chi connectivity index (χ2n) is 4.68. The smallest absolute Gasteiger partial charge is 0.339 e. The van der Waals surface area contributed by atoms with Gasteiger partial charge in [0.15, 0.2) is 0 Å². The van der Waals surface area contributed by atoms with E-state index in [9.17, 15) is 9.90 Å². The van der Waals surface area contributed by atoms with Crippen molar-refractivity contribution in [1.82, 2.24) is 9.97 Å². The van der Waals surface area contributed by atoms with Crippen molar-refractivity contribution < 1.29 is 9.90 Å². The summed E-state index contributed by atoms with van der Waals surface area (Å²) >= 11 is 0. The second-order valence-corrected chi connectivity index (χ2v) is 4.68. The number of hydrogen-bond acceptors (Lipinski definition) is 4. The van der Waals surface area contributed by atoms with Crippen LogP contribution in [0, 0.1) is 6.92 Å². The molecule has 0 bridgehead atoms. The van der Waals surface area contributed by atoms with Gasteiger partial charge in [-0.15, -0.1) is 0 Å². The summed E-state index contributed by atoms with van der Waals surface area (Å²) in [6, 6.07) is 11.1. The van der Waals surface area contributed by atoms with Crippen LogP contribution in [0.25, 0.3) is 10.9 Å². The Kier molecular flexibility index (Phi) is 3.23. The van der Waals surface area contributed by atoms with Crippen LogP contribution in [0.2, 0.25) is 0 Å². The monoisotopic (exact) mass is 279 g/mol. The van der Waals surface area contributed by atoms with Gasteiger partial charge in [-0.25, -0.2) is 4.79 Å². The summed E-state index contributed by atoms with van der Waals surface area (Å²) in [5, 5.41) is 13.3. The van der Waals surface area contributed by atoms with E-state index in [0.29, 0.717) is 5.69 Å². The molecule has 0 unspecified atom stereocenters. The van der Waals surface area contributed by atoms with Gasteiger partial charge >= 0.3 is 5.97 Å². The van der Waals surface area contributed by atoms with E-state index in [-0.39, 0.29) is 5.56 Å². The number of carboxylic acid groups (broad SMARTS) is 1. The largest absolute Gasteiger partial charge is 0.478 e. The molecule has 2 heterocycles. The molecule has 0 amide bonds. The third-order valence-electron chi connectivity index (χ3n) is 3.19. The number of anilines is 2. The van der Waals surface area contributed by atoms with Gasteiger partial charge in [0, 0.05) is 17.3 Å². The topological polar surface area (TPSA) is 75.1 Å². The number of carbonyl (C=O) groups is 1. The van der Waals surface area contributed by atoms with Crippen molar-refractivity contribution in [3.05, 3.63) is 60.0 Å². The number of aryl methyl sites for hydroxylation is 1. The van der Waals surface area contributed by atoms with E-state index >= 15 is 0 Å². The van der Waals surface area contributed by atoms with Gasteiger partial charge in [0.2, 0.25) is 0 Å². The molecule has 0 saturated carbocycles. The summed E-state index contributed by atoms with van der Waals surface area (Å²) in [4.78, 5) is 19.8. The lowest BCUT2D eigenvalue weighted by molar-refractivity contribution is 0.0697. The highest BCUT2D eigenvalue weighted by Gasteiger charge is 2.14. The maximum atomic E-state index is 11.4. The number of nitrogens with zero attached hydrogens (tertiary/aromatic N) is 2. The van der Waals surface area contributed by atoms with Gasteiger partial charge < -0.3 is 10.4 Å². The van der Waals surface area contributed by atoms with Crippen molar-refractivity contribution in [2.45, 2.75) is 6.92 Å². The molecule has 21 heavy (non-hydrogen) atoms. The van der Waals surface area contributed by atoms with Gasteiger partial charge in [-0.3, -0.25) is 9.97 Å². The van der Waals surface area contributed by atoms with Crippen LogP contribution in [0.5, 0.6) is 0 Å². The molecule has 2 aromatic heterocycles. The fourth-order valence-corrected chi connectivity index (χ4v) is 2.12. The minimum absolute atomic E-state index is 0.134. The minimum Gasteiger partial charge on any atom is -0.478 e. The highest BCUT2D eigenvalue weighted by molar-refractivity contribution is 6.05. The molecule has 2 N–H and O–H groups in total. The average molecular weight is 279 g/mol. The maximum Gasteiger partial charge on any atom is 0.339 e. The van der Waals surface area contributed by atoms with Gasteiger partial charge in [0.25, 0.3) is 0 Å². The van der Waals surface area contributed by atoms with Crippen molar-refractivity contribution in [2.24, 2.45) is 0 Å². The Hall–Kier alpha value is -2.95. The SMILES string of the molecule is Cc1ccc(Nc2c(C(=O)O)cnc3ccccc23)cn1. The summed E-state index contributed by atoms with van der Waals surface area (Å²) in [5.74, 6) is -1.02. The highest BCUT2D eigenvalue weighted by atomic mass is 16.4. The lowest BCUT2D eigenvalue weighted by Crippen LogP contribution is -2.05. The number of aromatic nitrogens is 2. The van der Waals surface area contributed by atoms with Crippen molar-refractivity contribution in [1.29, 1.82) is 0 Å². The first kappa shape index (κ1) is 13.1. The van der Waals surface area contributed by atoms with E-state index < -0.39 is 5.97 Å². The molecule has 104 valence electrons. The fraction of sp³-hybridized carbons (Fsp3) is 0.0625. The Bertz CT molecular complexity index is 813. The molecule has 0 radical (unpaired) electrons. The molecule has 5 heteroatoms. The number of para-hydroxylation sites is 1. The zero-order valence-electron chi connectivity index (χ0n) is 11.4. The van der Waals surface area contributed by atoms with Crippen LogP contribution in [0.15, 0.2) is 48.8 Å². The molecule has 3 rings (SSSR count). The third-order valence-corrected chi connectivity index (χ3v) is 3.19. The van der Waals surface area contributed by atoms with Crippen molar-refractivity contribution in [3.63, 3.8) is 0 Å². The zero-order valence-corrected chi connectivity index (χ0v) is 11.4. The first-order valence-electron chi connectivity index (χ1n) is 6.46. The molecule has 1 aromatic carbocycles. The average Bonchev–Trinajstić information content (AvgIpc) is 2.49. The number of aromatic carboxylic acids is 1. The van der Waals surface area contributed by atoms with Crippen LogP contribution in [0.4, 0.5) is 11.4 Å². The van der Waals surface area contributed by atoms with Crippen LogP contribution in [0.1, 0.15) is 16.1 Å². The van der Waals surface area contributed by atoms with E-state index in [1.807, 2.05) is 43.3 Å². The van der Waals surface area contributed by atoms with Crippen molar-refractivity contribution >= 4 is 28.2 Å². The normalized spacial score (nSPS) is 10.5. The third kappa shape index (κ3) is 2.53. The van der Waals surface area contributed by atoms with Gasteiger partial charge in [-0.2, -0.15) is 0 Å². The summed E-state index contributed by atoms with van der Waals surface area (Å²) in [6.45, 7) is 1.90. The number of nitrogens with one attached hydrogen (secondary N) is 1. The molecule has 5 nitrogen and oxygen atoms in total. The Morgan fingerprint density at radius 2 is 1.90 bits per heavy atom. The second kappa shape index (κ2) is 5.20. The minimum atomic E-state index is -1.02. The zero-order chi connectivity index (χ0) is 14.8. The van der Waals surface area contributed by atoms with Crippen LogP contribution < -0.4 is 5.32 Å². The predicted molar refractivity (Wildman–Crippen MR) is 81.0 cm³/mol. The molecule has 0 aliphatic heterocycles. The Morgan fingerprint density at radius 1 is 1.10 bits per heavy atom. The first-order chi connectivity index (χ1) is 10.1. The summed E-state index contributed by atoms with van der Waals surface area (Å²) < 4.78 is 0. The molecule has 0 aliphatic carbocycles. The first-order valence-corrected chi connectivity index (χ1v) is 6.46. The molecule has 0 spiro atoms. The highest BCUT2D eigenvalue weighted by Crippen LogP contribution is 2.28. The Labute approximate surface area is 121 Å². The van der Waals surface area contributed by atoms with Crippen LogP contribution >= 0.6 is 0 Å². The summed E-state index contributed by atoms with van der Waals surface area (Å²) in [6.07, 6.45) is 3.05. The maximum absolute atomic E-state index is 11.4. The van der Waals surface area contributed by atoms with Crippen LogP contribution in [-0.4, -0.2) is 21.0 Å². The van der Waals surface area contributed by atoms with Gasteiger partial charge in [0.1, 0.15) is 5.56 Å². The van der Waals surface area contributed by atoms with Gasteiger partial charge in [-0.1, -0.05) is 18.2 Å². The lowest BCUT2D eigenvalue weighted by Gasteiger charge is -2.12. The predicted octanol–water partition coefficient (Wildman–Crippen LogP) is 3.38. The molecule has 0 aliphatic rings. The van der Waals surface area contributed by atoms with Crippen molar-refractivity contribution in [3.8, 4) is 0 Å². The number of rotatable bonds is 3. The van der Waals surface area contributed by atoms with Crippen LogP contribution in [0.3, 0.4) is 0 Å². The van der Waals surface area contributed by atoms with Crippen molar-refractivity contribution in [2.75, 3.05) is 5.32 Å². The van der Waals surface area contributed by atoms with E-state index in [4.69, 9.17) is 0 Å². The van der Waals surface area contributed by atoms with Gasteiger partial charge in [0.05, 0.1) is 23.1 Å². The van der Waals surface area contributed by atoms with E-state index in [0.717, 1.165) is 22.3 Å². The quantitative estimate of drug-likeness (QED) is 0.768. The lowest BCUT2D eigenvalue weighted by atomic mass is 10.1. The summed E-state index contributed by atoms with van der Waals surface area (Å²) in [5.41, 5.74) is 3.04. The molecule has 0 fully saturated rings. The molecular weight excluding hydrogens is 266 g/mol. The number of pyridine rings is 2. The fourth-order valence-electron chi connectivity index (χ4n) is 2.12. The van der Waals surface area contributed by atoms with E-state index in [2.05, 4.69) is 15.3 Å². The van der Waals surface area contributed by atoms with E-state index in [1.165, 1.54) is 6.20 Å². The number of carboxylic acids is 1. The Morgan fingerprint density at radius 3 is 2.62 bits per heavy atom. The number of fused-ring (bicyclic) bond motifs is 1. The van der Waals surface area contributed by atoms with Gasteiger partial charge in [-0.05, 0) is 25.1 Å². The summed E-state index contributed by atoms with van der Waals surface area (Å²) in [7, 11) is 0.